The Morgan fingerprint density at radius 1 is 1.41 bits per heavy atom. The number of hydrogen-bond acceptors (Lipinski definition) is 4. The average molecular weight is 313 g/mol. The summed E-state index contributed by atoms with van der Waals surface area (Å²) in [5.41, 5.74) is -0.141. The minimum absolute atomic E-state index is 0.132. The summed E-state index contributed by atoms with van der Waals surface area (Å²) >= 11 is 0. The lowest BCUT2D eigenvalue weighted by atomic mass is 10.2. The molecule has 0 aliphatic rings. The maximum Gasteiger partial charge on any atom is 0.407 e. The molecule has 0 aliphatic heterocycles. The summed E-state index contributed by atoms with van der Waals surface area (Å²) in [6.07, 6.45) is 0.0828. The lowest BCUT2D eigenvalue weighted by Crippen LogP contribution is -2.38. The first-order valence-corrected chi connectivity index (χ1v) is 7.23. The van der Waals surface area contributed by atoms with Gasteiger partial charge in [0.1, 0.15) is 17.2 Å². The van der Waals surface area contributed by atoms with Crippen LogP contribution in [-0.2, 0) is 11.3 Å². The molecule has 0 saturated heterocycles. The molecule has 0 fully saturated rings. The van der Waals surface area contributed by atoms with Crippen molar-refractivity contribution in [3.63, 3.8) is 0 Å². The Balaban J connectivity index is 2.39. The van der Waals surface area contributed by atoms with Crippen LogP contribution in [0.3, 0.4) is 0 Å². The predicted molar refractivity (Wildman–Crippen MR) is 81.3 cm³/mol. The molecule has 0 radical (unpaired) electrons. The molecule has 0 aromatic heterocycles. The topological polar surface area (TPSA) is 67.8 Å². The van der Waals surface area contributed by atoms with Gasteiger partial charge < -0.3 is 19.9 Å². The summed E-state index contributed by atoms with van der Waals surface area (Å²) in [6.45, 7) is 7.27. The van der Waals surface area contributed by atoms with Gasteiger partial charge in [-0.05, 0) is 45.9 Å². The standard InChI is InChI=1S/C16H24FNO4/c1-11(18-15(20)22-16(2,3)4)7-8-21-14-6-5-13(17)9-12(14)10-19/h5-6,9,11,19H,7-8,10H2,1-4H3,(H,18,20)/t11-/m1/s1. The second kappa shape index (κ2) is 7.98. The molecule has 2 N–H and O–H groups in total. The first-order valence-electron chi connectivity index (χ1n) is 7.23. The molecular formula is C16H24FNO4. The fourth-order valence-electron chi connectivity index (χ4n) is 1.74. The number of hydrogen-bond donors (Lipinski definition) is 2. The van der Waals surface area contributed by atoms with Crippen LogP contribution in [0.2, 0.25) is 0 Å². The summed E-state index contributed by atoms with van der Waals surface area (Å²) in [5.74, 6) is 0.0183. The van der Waals surface area contributed by atoms with Crippen molar-refractivity contribution in [3.8, 4) is 5.75 Å². The molecular weight excluding hydrogens is 289 g/mol. The zero-order valence-corrected chi connectivity index (χ0v) is 13.5. The second-order valence-electron chi connectivity index (χ2n) is 6.09. The second-order valence-corrected chi connectivity index (χ2v) is 6.09. The number of alkyl carbamates (subject to hydrolysis) is 1. The van der Waals surface area contributed by atoms with Crippen LogP contribution in [0.25, 0.3) is 0 Å². The van der Waals surface area contributed by atoms with E-state index >= 15 is 0 Å². The summed E-state index contributed by atoms with van der Waals surface area (Å²) in [5, 5.41) is 11.9. The summed E-state index contributed by atoms with van der Waals surface area (Å²) in [4.78, 5) is 11.6. The summed E-state index contributed by atoms with van der Waals surface area (Å²) in [7, 11) is 0. The third-order valence-electron chi connectivity index (χ3n) is 2.76. The molecule has 0 unspecified atom stereocenters. The Morgan fingerprint density at radius 3 is 2.68 bits per heavy atom. The molecule has 0 saturated carbocycles. The van der Waals surface area contributed by atoms with Gasteiger partial charge in [-0.2, -0.15) is 0 Å². The van der Waals surface area contributed by atoms with E-state index < -0.39 is 17.5 Å². The molecule has 0 spiro atoms. The highest BCUT2D eigenvalue weighted by atomic mass is 19.1. The molecule has 1 amide bonds. The molecule has 22 heavy (non-hydrogen) atoms. The van der Waals surface area contributed by atoms with Crippen LogP contribution in [0.5, 0.6) is 5.75 Å². The first kappa shape index (κ1) is 18.2. The van der Waals surface area contributed by atoms with Gasteiger partial charge in [0.05, 0.1) is 13.2 Å². The van der Waals surface area contributed by atoms with Crippen LogP contribution in [0, 0.1) is 5.82 Å². The number of aliphatic hydroxyl groups is 1. The lowest BCUT2D eigenvalue weighted by Gasteiger charge is -2.22. The summed E-state index contributed by atoms with van der Waals surface area (Å²) < 4.78 is 23.7. The molecule has 0 bridgehead atoms. The van der Waals surface area contributed by atoms with Gasteiger partial charge in [-0.25, -0.2) is 9.18 Å². The SMILES string of the molecule is C[C@H](CCOc1ccc(F)cc1CO)NC(=O)OC(C)(C)C. The van der Waals surface area contributed by atoms with E-state index in [0.29, 0.717) is 24.3 Å². The van der Waals surface area contributed by atoms with Crippen molar-refractivity contribution >= 4 is 6.09 Å². The fraction of sp³-hybridized carbons (Fsp3) is 0.562. The zero-order chi connectivity index (χ0) is 16.8. The maximum absolute atomic E-state index is 13.0. The van der Waals surface area contributed by atoms with E-state index in [1.165, 1.54) is 18.2 Å². The van der Waals surface area contributed by atoms with Crippen LogP contribution in [-0.4, -0.2) is 29.4 Å². The third kappa shape index (κ3) is 6.76. The number of carbonyl (C=O) groups is 1. The van der Waals surface area contributed by atoms with Gasteiger partial charge in [0, 0.05) is 18.0 Å². The molecule has 124 valence electrons. The van der Waals surface area contributed by atoms with Crippen LogP contribution < -0.4 is 10.1 Å². The number of carbonyl (C=O) groups excluding carboxylic acids is 1. The average Bonchev–Trinajstić information content (AvgIpc) is 2.37. The number of ether oxygens (including phenoxy) is 2. The molecule has 1 rings (SSSR count). The normalized spacial score (nSPS) is 12.6. The Kier molecular flexibility index (Phi) is 6.61. The molecule has 5 nitrogen and oxygen atoms in total. The molecule has 6 heteroatoms. The number of rotatable bonds is 6. The zero-order valence-electron chi connectivity index (χ0n) is 13.5. The first-order chi connectivity index (χ1) is 10.2. The molecule has 1 aromatic carbocycles. The predicted octanol–water partition coefficient (Wildman–Crippen LogP) is 3.00. The summed E-state index contributed by atoms with van der Waals surface area (Å²) in [6, 6.07) is 3.86. The van der Waals surface area contributed by atoms with E-state index in [9.17, 15) is 9.18 Å². The molecule has 0 heterocycles. The van der Waals surface area contributed by atoms with Gasteiger partial charge in [0.25, 0.3) is 0 Å². The minimum Gasteiger partial charge on any atom is -0.493 e. The highest BCUT2D eigenvalue weighted by Crippen LogP contribution is 2.20. The van der Waals surface area contributed by atoms with Crippen molar-refractivity contribution in [3.05, 3.63) is 29.6 Å². The van der Waals surface area contributed by atoms with Gasteiger partial charge in [-0.1, -0.05) is 0 Å². The van der Waals surface area contributed by atoms with Crippen molar-refractivity contribution in [2.75, 3.05) is 6.61 Å². The molecule has 0 aliphatic carbocycles. The van der Waals surface area contributed by atoms with Crippen LogP contribution in [0.15, 0.2) is 18.2 Å². The minimum atomic E-state index is -0.537. The van der Waals surface area contributed by atoms with Gasteiger partial charge in [0.2, 0.25) is 0 Å². The van der Waals surface area contributed by atoms with Crippen molar-refractivity contribution in [2.45, 2.75) is 52.4 Å². The molecule has 1 aromatic rings. The van der Waals surface area contributed by atoms with Gasteiger partial charge >= 0.3 is 6.09 Å². The monoisotopic (exact) mass is 313 g/mol. The Bertz CT molecular complexity index is 499. The quantitative estimate of drug-likeness (QED) is 0.847. The van der Waals surface area contributed by atoms with Crippen molar-refractivity contribution in [1.82, 2.24) is 5.32 Å². The number of aliphatic hydroxyl groups excluding tert-OH is 1. The van der Waals surface area contributed by atoms with E-state index in [2.05, 4.69) is 5.32 Å². The fourth-order valence-corrected chi connectivity index (χ4v) is 1.74. The molecule has 1 atom stereocenters. The van der Waals surface area contributed by atoms with Gasteiger partial charge in [-0.3, -0.25) is 0 Å². The number of nitrogens with one attached hydrogen (secondary N) is 1. The Labute approximate surface area is 130 Å². The highest BCUT2D eigenvalue weighted by Gasteiger charge is 2.17. The largest absolute Gasteiger partial charge is 0.493 e. The number of amides is 1. The van der Waals surface area contributed by atoms with E-state index in [4.69, 9.17) is 14.6 Å². The van der Waals surface area contributed by atoms with E-state index in [0.717, 1.165) is 0 Å². The van der Waals surface area contributed by atoms with Gasteiger partial charge in [0.15, 0.2) is 0 Å². The maximum atomic E-state index is 13.0. The van der Waals surface area contributed by atoms with Crippen LogP contribution in [0.1, 0.15) is 39.7 Å². The van der Waals surface area contributed by atoms with Crippen LogP contribution >= 0.6 is 0 Å². The van der Waals surface area contributed by atoms with Crippen molar-refractivity contribution in [2.24, 2.45) is 0 Å². The van der Waals surface area contributed by atoms with E-state index in [1.54, 1.807) is 20.8 Å². The highest BCUT2D eigenvalue weighted by molar-refractivity contribution is 5.67. The Hall–Kier alpha value is -1.82. The van der Waals surface area contributed by atoms with Crippen molar-refractivity contribution in [1.29, 1.82) is 0 Å². The van der Waals surface area contributed by atoms with Gasteiger partial charge in [-0.15, -0.1) is 0 Å². The van der Waals surface area contributed by atoms with E-state index in [1.807, 2.05) is 6.92 Å². The van der Waals surface area contributed by atoms with E-state index in [-0.39, 0.29) is 12.6 Å². The number of benzene rings is 1. The Morgan fingerprint density at radius 2 is 2.09 bits per heavy atom. The third-order valence-corrected chi connectivity index (χ3v) is 2.76. The smallest absolute Gasteiger partial charge is 0.407 e. The lowest BCUT2D eigenvalue weighted by molar-refractivity contribution is 0.0503. The number of halogens is 1. The van der Waals surface area contributed by atoms with Crippen LogP contribution in [0.4, 0.5) is 9.18 Å². The van der Waals surface area contributed by atoms with Crippen molar-refractivity contribution < 1.29 is 23.8 Å².